The standard InChI is InChI=1S/C11H16N2OS/c1-8-6-10(12)2-4-13(8)11(14)9-3-5-15-7-9/h3,5,7-8,10H,2,4,6,12H2,1H3. The van der Waals surface area contributed by atoms with Crippen LogP contribution in [-0.2, 0) is 0 Å². The Hall–Kier alpha value is -0.870. The lowest BCUT2D eigenvalue weighted by atomic mass is 9.98. The molecule has 1 aliphatic rings. The van der Waals surface area contributed by atoms with E-state index in [0.717, 1.165) is 24.9 Å². The van der Waals surface area contributed by atoms with E-state index in [2.05, 4.69) is 6.92 Å². The van der Waals surface area contributed by atoms with Crippen LogP contribution in [0.2, 0.25) is 0 Å². The van der Waals surface area contributed by atoms with Gasteiger partial charge in [0.05, 0.1) is 5.56 Å². The average Bonchev–Trinajstić information content (AvgIpc) is 2.69. The summed E-state index contributed by atoms with van der Waals surface area (Å²) in [5.74, 6) is 0.149. The number of nitrogens with zero attached hydrogens (tertiary/aromatic N) is 1. The molecule has 4 heteroatoms. The average molecular weight is 224 g/mol. The van der Waals surface area contributed by atoms with Gasteiger partial charge >= 0.3 is 0 Å². The highest BCUT2D eigenvalue weighted by molar-refractivity contribution is 7.08. The van der Waals surface area contributed by atoms with Crippen LogP contribution in [0.5, 0.6) is 0 Å². The predicted molar refractivity (Wildman–Crippen MR) is 62.0 cm³/mol. The zero-order valence-electron chi connectivity index (χ0n) is 8.85. The van der Waals surface area contributed by atoms with E-state index >= 15 is 0 Å². The molecule has 0 spiro atoms. The van der Waals surface area contributed by atoms with Crippen molar-refractivity contribution in [2.45, 2.75) is 31.8 Å². The zero-order valence-corrected chi connectivity index (χ0v) is 9.67. The van der Waals surface area contributed by atoms with Crippen LogP contribution >= 0.6 is 11.3 Å². The number of likely N-dealkylation sites (tertiary alicyclic amines) is 1. The van der Waals surface area contributed by atoms with E-state index in [4.69, 9.17) is 5.73 Å². The van der Waals surface area contributed by atoms with Crippen LogP contribution in [-0.4, -0.2) is 29.4 Å². The van der Waals surface area contributed by atoms with Crippen LogP contribution in [0.3, 0.4) is 0 Å². The highest BCUT2D eigenvalue weighted by atomic mass is 32.1. The summed E-state index contributed by atoms with van der Waals surface area (Å²) in [6, 6.07) is 2.40. The molecule has 0 bridgehead atoms. The van der Waals surface area contributed by atoms with Gasteiger partial charge in [0.1, 0.15) is 0 Å². The lowest BCUT2D eigenvalue weighted by Gasteiger charge is -2.36. The maximum absolute atomic E-state index is 12.1. The van der Waals surface area contributed by atoms with E-state index in [9.17, 15) is 4.79 Å². The number of piperidine rings is 1. The molecule has 2 N–H and O–H groups in total. The van der Waals surface area contributed by atoms with Crippen molar-refractivity contribution in [3.63, 3.8) is 0 Å². The predicted octanol–water partition coefficient (Wildman–Crippen LogP) is 1.70. The van der Waals surface area contributed by atoms with E-state index in [1.807, 2.05) is 21.7 Å². The molecule has 3 nitrogen and oxygen atoms in total. The largest absolute Gasteiger partial charge is 0.336 e. The Kier molecular flexibility index (Phi) is 3.07. The summed E-state index contributed by atoms with van der Waals surface area (Å²) in [4.78, 5) is 14.0. The second-order valence-corrected chi connectivity index (χ2v) is 4.92. The summed E-state index contributed by atoms with van der Waals surface area (Å²) >= 11 is 1.56. The number of nitrogens with two attached hydrogens (primary N) is 1. The number of hydrogen-bond donors (Lipinski definition) is 1. The summed E-state index contributed by atoms with van der Waals surface area (Å²) < 4.78 is 0. The first-order valence-corrected chi connectivity index (χ1v) is 6.21. The molecule has 0 aliphatic carbocycles. The molecule has 2 unspecified atom stereocenters. The summed E-state index contributed by atoms with van der Waals surface area (Å²) in [5, 5.41) is 3.84. The van der Waals surface area contributed by atoms with Gasteiger partial charge in [-0.15, -0.1) is 0 Å². The molecule has 1 saturated heterocycles. The number of hydrogen-bond acceptors (Lipinski definition) is 3. The maximum atomic E-state index is 12.1. The monoisotopic (exact) mass is 224 g/mol. The molecule has 1 fully saturated rings. The lowest BCUT2D eigenvalue weighted by molar-refractivity contribution is 0.0619. The molecular weight excluding hydrogens is 208 g/mol. The first-order valence-electron chi connectivity index (χ1n) is 5.27. The second-order valence-electron chi connectivity index (χ2n) is 4.14. The van der Waals surface area contributed by atoms with Crippen molar-refractivity contribution in [1.29, 1.82) is 0 Å². The second kappa shape index (κ2) is 4.33. The molecule has 1 aromatic heterocycles. The van der Waals surface area contributed by atoms with Gasteiger partial charge < -0.3 is 10.6 Å². The summed E-state index contributed by atoms with van der Waals surface area (Å²) in [6.07, 6.45) is 1.83. The van der Waals surface area contributed by atoms with Crippen molar-refractivity contribution in [1.82, 2.24) is 4.90 Å². The van der Waals surface area contributed by atoms with Crippen molar-refractivity contribution in [3.05, 3.63) is 22.4 Å². The molecule has 1 amide bonds. The van der Waals surface area contributed by atoms with E-state index in [1.54, 1.807) is 11.3 Å². The molecule has 82 valence electrons. The van der Waals surface area contributed by atoms with Gasteiger partial charge in [0.2, 0.25) is 0 Å². The van der Waals surface area contributed by atoms with Gasteiger partial charge in [-0.1, -0.05) is 0 Å². The Morgan fingerprint density at radius 3 is 3.07 bits per heavy atom. The van der Waals surface area contributed by atoms with Crippen molar-refractivity contribution < 1.29 is 4.79 Å². The number of carbonyl (C=O) groups is 1. The molecule has 2 heterocycles. The molecular formula is C11H16N2OS. The van der Waals surface area contributed by atoms with Gasteiger partial charge in [-0.05, 0) is 31.2 Å². The SMILES string of the molecule is CC1CC(N)CCN1C(=O)c1ccsc1. The topological polar surface area (TPSA) is 46.3 Å². The number of amides is 1. The van der Waals surface area contributed by atoms with Crippen LogP contribution in [0, 0.1) is 0 Å². The molecule has 2 atom stereocenters. The molecule has 2 rings (SSSR count). The molecule has 1 aromatic rings. The number of carbonyl (C=O) groups excluding carboxylic acids is 1. The van der Waals surface area contributed by atoms with Gasteiger partial charge in [-0.25, -0.2) is 0 Å². The van der Waals surface area contributed by atoms with Gasteiger partial charge in [-0.2, -0.15) is 11.3 Å². The summed E-state index contributed by atoms with van der Waals surface area (Å²) in [7, 11) is 0. The third-order valence-electron chi connectivity index (χ3n) is 2.95. The first kappa shape index (κ1) is 10.6. The smallest absolute Gasteiger partial charge is 0.254 e. The minimum atomic E-state index is 0.149. The normalized spacial score (nSPS) is 26.7. The van der Waals surface area contributed by atoms with Crippen LogP contribution in [0.15, 0.2) is 16.8 Å². The van der Waals surface area contributed by atoms with E-state index in [-0.39, 0.29) is 18.0 Å². The van der Waals surface area contributed by atoms with Gasteiger partial charge in [0, 0.05) is 24.0 Å². The lowest BCUT2D eigenvalue weighted by Crippen LogP contribution is -2.48. The third-order valence-corrected chi connectivity index (χ3v) is 3.63. The van der Waals surface area contributed by atoms with Gasteiger partial charge in [0.25, 0.3) is 5.91 Å². The molecule has 1 aliphatic heterocycles. The molecule has 0 radical (unpaired) electrons. The first-order chi connectivity index (χ1) is 7.18. The fraction of sp³-hybridized carbons (Fsp3) is 0.545. The van der Waals surface area contributed by atoms with Crippen molar-refractivity contribution in [2.24, 2.45) is 5.73 Å². The maximum Gasteiger partial charge on any atom is 0.254 e. The Bertz CT molecular complexity index is 336. The van der Waals surface area contributed by atoms with Gasteiger partial charge in [-0.3, -0.25) is 4.79 Å². The molecule has 0 aromatic carbocycles. The Morgan fingerprint density at radius 2 is 2.47 bits per heavy atom. The van der Waals surface area contributed by atoms with Gasteiger partial charge in [0.15, 0.2) is 0 Å². The summed E-state index contributed by atoms with van der Waals surface area (Å²) in [6.45, 7) is 2.86. The minimum absolute atomic E-state index is 0.149. The Balaban J connectivity index is 2.08. The van der Waals surface area contributed by atoms with E-state index < -0.39 is 0 Å². The minimum Gasteiger partial charge on any atom is -0.336 e. The summed E-state index contributed by atoms with van der Waals surface area (Å²) in [5.41, 5.74) is 6.68. The van der Waals surface area contributed by atoms with Crippen LogP contribution < -0.4 is 5.73 Å². The van der Waals surface area contributed by atoms with Crippen LogP contribution in [0.1, 0.15) is 30.1 Å². The molecule has 0 saturated carbocycles. The fourth-order valence-electron chi connectivity index (χ4n) is 2.06. The highest BCUT2D eigenvalue weighted by Crippen LogP contribution is 2.19. The zero-order chi connectivity index (χ0) is 10.8. The van der Waals surface area contributed by atoms with Crippen LogP contribution in [0.4, 0.5) is 0 Å². The Morgan fingerprint density at radius 1 is 1.67 bits per heavy atom. The fourth-order valence-corrected chi connectivity index (χ4v) is 2.69. The van der Waals surface area contributed by atoms with E-state index in [0.29, 0.717) is 0 Å². The van der Waals surface area contributed by atoms with Crippen molar-refractivity contribution >= 4 is 17.2 Å². The third kappa shape index (κ3) is 2.21. The number of thiophene rings is 1. The Labute approximate surface area is 93.9 Å². The van der Waals surface area contributed by atoms with E-state index in [1.165, 1.54) is 0 Å². The van der Waals surface area contributed by atoms with Crippen molar-refractivity contribution in [3.8, 4) is 0 Å². The molecule has 15 heavy (non-hydrogen) atoms. The quantitative estimate of drug-likeness (QED) is 0.789. The van der Waals surface area contributed by atoms with Crippen molar-refractivity contribution in [2.75, 3.05) is 6.54 Å². The number of rotatable bonds is 1. The highest BCUT2D eigenvalue weighted by Gasteiger charge is 2.27. The van der Waals surface area contributed by atoms with Crippen LogP contribution in [0.25, 0.3) is 0 Å².